The number of ketones is 1. The summed E-state index contributed by atoms with van der Waals surface area (Å²) in [7, 11) is 0. The molecule has 0 fully saturated rings. The first kappa shape index (κ1) is 19.7. The van der Waals surface area contributed by atoms with Crippen LogP contribution in [0.1, 0.15) is 21.5 Å². The maximum Gasteiger partial charge on any atom is 0.193 e. The summed E-state index contributed by atoms with van der Waals surface area (Å²) in [5.74, 6) is -0.000410. The summed E-state index contributed by atoms with van der Waals surface area (Å²) in [5.41, 5.74) is 2.00. The average molecular weight is 399 g/mol. The normalized spacial score (nSPS) is 10.8. The van der Waals surface area contributed by atoms with E-state index in [4.69, 9.17) is 5.11 Å². The quantitative estimate of drug-likeness (QED) is 0.415. The van der Waals surface area contributed by atoms with Gasteiger partial charge in [-0.1, -0.05) is 29.5 Å². The van der Waals surface area contributed by atoms with Gasteiger partial charge in [0.15, 0.2) is 5.78 Å². The van der Waals surface area contributed by atoms with Gasteiger partial charge in [0.05, 0.1) is 6.61 Å². The third-order valence-corrected chi connectivity index (χ3v) is 5.97. The largest absolute Gasteiger partial charge is 0.396 e. The molecule has 0 aliphatic heterocycles. The molecule has 0 bridgehead atoms. The highest BCUT2D eigenvalue weighted by Gasteiger charge is 2.13. The molecule has 3 rings (SSSR count). The first-order valence-electron chi connectivity index (χ1n) is 8.49. The van der Waals surface area contributed by atoms with Crippen molar-refractivity contribution in [2.24, 2.45) is 0 Å². The molecule has 5 heteroatoms. The number of hydrogen-bond acceptors (Lipinski definition) is 4. The summed E-state index contributed by atoms with van der Waals surface area (Å²) < 4.78 is 14.5. The van der Waals surface area contributed by atoms with Crippen molar-refractivity contribution in [1.29, 1.82) is 0 Å². The van der Waals surface area contributed by atoms with Gasteiger partial charge in [0.2, 0.25) is 0 Å². The van der Waals surface area contributed by atoms with Crippen LogP contribution in [-0.4, -0.2) is 23.2 Å². The minimum Gasteiger partial charge on any atom is -0.396 e. The molecular weight excluding hydrogens is 379 g/mol. The van der Waals surface area contributed by atoms with E-state index >= 15 is 0 Å². The molecule has 138 valence electrons. The van der Waals surface area contributed by atoms with Crippen LogP contribution in [-0.2, 0) is 0 Å². The van der Waals surface area contributed by atoms with E-state index in [0.29, 0.717) is 21.8 Å². The summed E-state index contributed by atoms with van der Waals surface area (Å²) in [5, 5.41) is 8.86. The van der Waals surface area contributed by atoms with Gasteiger partial charge in [-0.3, -0.25) is 4.79 Å². The van der Waals surface area contributed by atoms with Gasteiger partial charge in [0.1, 0.15) is 5.82 Å². The molecule has 2 nitrogen and oxygen atoms in total. The van der Waals surface area contributed by atoms with Crippen molar-refractivity contribution in [3.8, 4) is 0 Å². The van der Waals surface area contributed by atoms with Crippen molar-refractivity contribution in [3.05, 3.63) is 89.2 Å². The number of benzene rings is 3. The molecule has 0 aliphatic rings. The van der Waals surface area contributed by atoms with Crippen molar-refractivity contribution >= 4 is 29.3 Å². The second-order valence-corrected chi connectivity index (χ2v) is 8.27. The lowest BCUT2D eigenvalue weighted by Crippen LogP contribution is -2.02. The number of carbonyl (C=O) groups excluding carboxylic acids is 1. The highest BCUT2D eigenvalue weighted by atomic mass is 32.2. The predicted octanol–water partition coefficient (Wildman–Crippen LogP) is 5.60. The topological polar surface area (TPSA) is 37.3 Å². The van der Waals surface area contributed by atoms with Crippen LogP contribution in [0.4, 0.5) is 4.39 Å². The van der Waals surface area contributed by atoms with Crippen molar-refractivity contribution < 1.29 is 14.3 Å². The van der Waals surface area contributed by atoms with E-state index in [9.17, 15) is 9.18 Å². The van der Waals surface area contributed by atoms with E-state index in [1.54, 1.807) is 24.3 Å². The van der Waals surface area contributed by atoms with Crippen molar-refractivity contribution in [2.45, 2.75) is 21.6 Å². The summed E-state index contributed by atoms with van der Waals surface area (Å²) in [4.78, 5) is 15.0. The Balaban J connectivity index is 1.74. The van der Waals surface area contributed by atoms with Crippen LogP contribution in [0.3, 0.4) is 0 Å². The molecular formula is C22H19FO2S2. The molecule has 3 aromatic carbocycles. The standard InChI is InChI=1S/C22H19FO2S2/c1-15-2-7-19(8-3-15)27-21-11-6-17(14-20(21)23)22(25)16-4-9-18(10-5-16)26-13-12-24/h2-11,14,24H,12-13H2,1H3. The second kappa shape index (κ2) is 9.22. The van der Waals surface area contributed by atoms with Crippen LogP contribution in [0.25, 0.3) is 0 Å². The molecule has 1 N–H and O–H groups in total. The minimum absolute atomic E-state index is 0.109. The molecule has 0 amide bonds. The Bertz CT molecular complexity index is 922. The molecule has 0 aromatic heterocycles. The number of aliphatic hydroxyl groups is 1. The van der Waals surface area contributed by atoms with Crippen molar-refractivity contribution in [2.75, 3.05) is 12.4 Å². The Morgan fingerprint density at radius 2 is 1.56 bits per heavy atom. The number of halogens is 1. The number of thioether (sulfide) groups is 1. The SMILES string of the molecule is Cc1ccc(Sc2ccc(C(=O)c3ccc(SCCO)cc3)cc2F)cc1. The van der Waals surface area contributed by atoms with Gasteiger partial charge in [-0.2, -0.15) is 0 Å². The minimum atomic E-state index is -0.401. The van der Waals surface area contributed by atoms with Crippen LogP contribution >= 0.6 is 23.5 Å². The van der Waals surface area contributed by atoms with E-state index in [1.165, 1.54) is 29.6 Å². The van der Waals surface area contributed by atoms with E-state index in [-0.39, 0.29) is 12.4 Å². The lowest BCUT2D eigenvalue weighted by atomic mass is 10.0. The van der Waals surface area contributed by atoms with E-state index < -0.39 is 5.82 Å². The Kier molecular flexibility index (Phi) is 6.72. The first-order chi connectivity index (χ1) is 13.1. The molecule has 0 spiro atoms. The molecule has 3 aromatic rings. The second-order valence-electron chi connectivity index (χ2n) is 5.99. The van der Waals surface area contributed by atoms with Crippen LogP contribution in [0.5, 0.6) is 0 Å². The average Bonchev–Trinajstić information content (AvgIpc) is 2.69. The molecule has 0 atom stereocenters. The maximum atomic E-state index is 14.5. The van der Waals surface area contributed by atoms with Crippen LogP contribution < -0.4 is 0 Å². The van der Waals surface area contributed by atoms with Crippen molar-refractivity contribution in [3.63, 3.8) is 0 Å². The zero-order valence-electron chi connectivity index (χ0n) is 14.8. The van der Waals surface area contributed by atoms with Gasteiger partial charge in [-0.05, 0) is 61.5 Å². The molecule has 0 unspecified atom stereocenters. The zero-order valence-corrected chi connectivity index (χ0v) is 16.4. The summed E-state index contributed by atoms with van der Waals surface area (Å²) in [6.07, 6.45) is 0. The monoisotopic (exact) mass is 398 g/mol. The van der Waals surface area contributed by atoms with Crippen molar-refractivity contribution in [1.82, 2.24) is 0 Å². The van der Waals surface area contributed by atoms with E-state index in [1.807, 2.05) is 43.3 Å². The Morgan fingerprint density at radius 3 is 2.19 bits per heavy atom. The molecule has 0 heterocycles. The van der Waals surface area contributed by atoms with Crippen LogP contribution in [0.2, 0.25) is 0 Å². The lowest BCUT2D eigenvalue weighted by Gasteiger charge is -2.07. The molecule has 0 saturated heterocycles. The highest BCUT2D eigenvalue weighted by Crippen LogP contribution is 2.31. The maximum absolute atomic E-state index is 14.5. The number of hydrogen-bond donors (Lipinski definition) is 1. The fraction of sp³-hybridized carbons (Fsp3) is 0.136. The Morgan fingerprint density at radius 1 is 0.926 bits per heavy atom. The van der Waals surface area contributed by atoms with Gasteiger partial charge >= 0.3 is 0 Å². The third-order valence-electron chi connectivity index (χ3n) is 3.92. The molecule has 0 aliphatic carbocycles. The van der Waals surface area contributed by atoms with E-state index in [2.05, 4.69) is 0 Å². The van der Waals surface area contributed by atoms with E-state index in [0.717, 1.165) is 15.4 Å². The lowest BCUT2D eigenvalue weighted by molar-refractivity contribution is 0.103. The summed E-state index contributed by atoms with van der Waals surface area (Å²) in [6, 6.07) is 19.6. The molecule has 0 saturated carbocycles. The first-order valence-corrected chi connectivity index (χ1v) is 10.3. The smallest absolute Gasteiger partial charge is 0.193 e. The fourth-order valence-electron chi connectivity index (χ4n) is 2.49. The Labute approximate surface area is 166 Å². The van der Waals surface area contributed by atoms with Gasteiger partial charge < -0.3 is 5.11 Å². The van der Waals surface area contributed by atoms with Gasteiger partial charge in [0.25, 0.3) is 0 Å². The molecule has 27 heavy (non-hydrogen) atoms. The summed E-state index contributed by atoms with van der Waals surface area (Å²) >= 11 is 2.86. The molecule has 0 radical (unpaired) electrons. The van der Waals surface area contributed by atoms with Gasteiger partial charge in [0, 0.05) is 31.6 Å². The van der Waals surface area contributed by atoms with Gasteiger partial charge in [-0.15, -0.1) is 11.8 Å². The fourth-order valence-corrected chi connectivity index (χ4v) is 3.96. The summed E-state index contributed by atoms with van der Waals surface area (Å²) in [6.45, 7) is 2.12. The number of rotatable bonds is 7. The van der Waals surface area contributed by atoms with Crippen LogP contribution in [0.15, 0.2) is 81.4 Å². The zero-order chi connectivity index (χ0) is 19.2. The number of aliphatic hydroxyl groups excluding tert-OH is 1. The predicted molar refractivity (Wildman–Crippen MR) is 109 cm³/mol. The highest BCUT2D eigenvalue weighted by molar-refractivity contribution is 7.99. The van der Waals surface area contributed by atoms with Crippen LogP contribution in [0, 0.1) is 12.7 Å². The Hall–Kier alpha value is -2.08. The van der Waals surface area contributed by atoms with Gasteiger partial charge in [-0.25, -0.2) is 4.39 Å². The number of aryl methyl sites for hydroxylation is 1. The number of carbonyl (C=O) groups is 1. The third kappa shape index (κ3) is 5.22.